The van der Waals surface area contributed by atoms with Crippen LogP contribution in [0.5, 0.6) is 0 Å². The quantitative estimate of drug-likeness (QED) is 0.502. The van der Waals surface area contributed by atoms with E-state index in [1.807, 2.05) is 30.3 Å². The first kappa shape index (κ1) is 17.9. The van der Waals surface area contributed by atoms with Crippen LogP contribution >= 0.6 is 0 Å². The fourth-order valence-electron chi connectivity index (χ4n) is 1.25. The summed E-state index contributed by atoms with van der Waals surface area (Å²) >= 11 is 0. The summed E-state index contributed by atoms with van der Waals surface area (Å²) in [5.74, 6) is 0. The zero-order chi connectivity index (χ0) is 7.68. The van der Waals surface area contributed by atoms with Gasteiger partial charge >= 0.3 is 88.7 Å². The van der Waals surface area contributed by atoms with Crippen LogP contribution in [-0.2, 0) is 0 Å². The zero-order valence-corrected chi connectivity index (χ0v) is 6.12. The van der Waals surface area contributed by atoms with E-state index >= 15 is 0 Å². The van der Waals surface area contributed by atoms with E-state index in [1.54, 1.807) is 0 Å². The Hall–Kier alpha value is 1.50. The summed E-state index contributed by atoms with van der Waals surface area (Å²) in [5, 5.41) is 2.34. The summed E-state index contributed by atoms with van der Waals surface area (Å²) in [6, 6.07) is 14.1. The maximum atomic E-state index is 5.76. The first-order valence-electron chi connectivity index (χ1n) is 3.61. The van der Waals surface area contributed by atoms with Gasteiger partial charge < -0.3 is 5.73 Å². The Morgan fingerprint density at radius 2 is 1.29 bits per heavy atom. The number of nitrogen functional groups attached to an aromatic ring is 1. The molecule has 0 atom stereocenters. The number of fused-ring (bicyclic) bond motifs is 1. The molecule has 0 heterocycles. The molecule has 4 heteroatoms. The van der Waals surface area contributed by atoms with Crippen molar-refractivity contribution >= 4 is 105 Å². The van der Waals surface area contributed by atoms with E-state index < -0.39 is 0 Å². The van der Waals surface area contributed by atoms with Crippen molar-refractivity contribution in [1.29, 1.82) is 0 Å². The molecule has 0 aromatic heterocycles. The minimum absolute atomic E-state index is 0. The Bertz CT molecular complexity index is 385. The second-order valence-corrected chi connectivity index (χ2v) is 2.57. The summed E-state index contributed by atoms with van der Waals surface area (Å²) in [7, 11) is 0. The molecule has 0 amide bonds. The van der Waals surface area contributed by atoms with Gasteiger partial charge in [0.05, 0.1) is 0 Å². The summed E-state index contributed by atoms with van der Waals surface area (Å²) in [4.78, 5) is 0. The van der Waals surface area contributed by atoms with Crippen LogP contribution in [0.4, 0.5) is 5.69 Å². The third-order valence-corrected chi connectivity index (χ3v) is 1.82. The molecule has 0 saturated heterocycles. The van der Waals surface area contributed by atoms with Crippen molar-refractivity contribution in [1.82, 2.24) is 0 Å². The predicted octanol–water partition coefficient (Wildman–Crippen LogP) is 0.476. The molecule has 0 spiro atoms. The first-order valence-corrected chi connectivity index (χ1v) is 3.61. The van der Waals surface area contributed by atoms with E-state index in [1.165, 1.54) is 5.39 Å². The van der Waals surface area contributed by atoms with E-state index in [4.69, 9.17) is 5.73 Å². The standard InChI is InChI=1S/C10H9N.3Na.3H/c11-10-7-3-5-8-4-1-2-6-9(8)10;;;;;;/h1-7H,11H2;;;;;;. The van der Waals surface area contributed by atoms with Crippen molar-refractivity contribution in [2.24, 2.45) is 0 Å². The van der Waals surface area contributed by atoms with Gasteiger partial charge in [-0.3, -0.25) is 0 Å². The van der Waals surface area contributed by atoms with E-state index in [9.17, 15) is 0 Å². The SMILES string of the molecule is Nc1cccc2ccccc12.[NaH].[NaH].[NaH]. The molecular weight excluding hydrogens is 203 g/mol. The van der Waals surface area contributed by atoms with Crippen molar-refractivity contribution in [3.63, 3.8) is 0 Å². The molecule has 1 nitrogen and oxygen atoms in total. The van der Waals surface area contributed by atoms with Crippen LogP contribution < -0.4 is 5.73 Å². The van der Waals surface area contributed by atoms with Crippen LogP contribution in [0.2, 0.25) is 0 Å². The average Bonchev–Trinajstić information content (AvgIpc) is 2.06. The Morgan fingerprint density at radius 1 is 0.714 bits per heavy atom. The van der Waals surface area contributed by atoms with Crippen LogP contribution in [0.25, 0.3) is 10.8 Å². The molecule has 2 aromatic carbocycles. The van der Waals surface area contributed by atoms with Gasteiger partial charge in [-0.2, -0.15) is 0 Å². The molecule has 14 heavy (non-hydrogen) atoms. The van der Waals surface area contributed by atoms with E-state index in [-0.39, 0.29) is 88.7 Å². The number of nitrogens with two attached hydrogens (primary N) is 1. The normalized spacial score (nSPS) is 8.00. The van der Waals surface area contributed by atoms with Crippen molar-refractivity contribution < 1.29 is 0 Å². The van der Waals surface area contributed by atoms with Gasteiger partial charge in [0.15, 0.2) is 0 Å². The minimum atomic E-state index is 0. The van der Waals surface area contributed by atoms with Crippen LogP contribution in [0.15, 0.2) is 42.5 Å². The second kappa shape index (κ2) is 8.63. The van der Waals surface area contributed by atoms with Gasteiger partial charge in [0, 0.05) is 11.1 Å². The number of benzene rings is 2. The van der Waals surface area contributed by atoms with Crippen molar-refractivity contribution in [3.8, 4) is 0 Å². The molecule has 2 rings (SSSR count). The number of hydrogen-bond donors (Lipinski definition) is 1. The zero-order valence-electron chi connectivity index (χ0n) is 6.12. The van der Waals surface area contributed by atoms with E-state index in [2.05, 4.69) is 12.1 Å². The van der Waals surface area contributed by atoms with E-state index in [0.717, 1.165) is 11.1 Å². The molecule has 0 fully saturated rings. The average molecular weight is 215 g/mol. The molecule has 0 aliphatic carbocycles. The molecule has 2 N–H and O–H groups in total. The molecule has 0 radical (unpaired) electrons. The fraction of sp³-hybridized carbons (Fsp3) is 0. The van der Waals surface area contributed by atoms with Gasteiger partial charge in [0.2, 0.25) is 0 Å². The first-order chi connectivity index (χ1) is 5.38. The van der Waals surface area contributed by atoms with Gasteiger partial charge in [-0.05, 0) is 11.5 Å². The van der Waals surface area contributed by atoms with Crippen LogP contribution in [-0.4, -0.2) is 88.7 Å². The van der Waals surface area contributed by atoms with Crippen LogP contribution in [0, 0.1) is 0 Å². The van der Waals surface area contributed by atoms with Crippen LogP contribution in [0.1, 0.15) is 0 Å². The number of anilines is 1. The van der Waals surface area contributed by atoms with Gasteiger partial charge in [0.25, 0.3) is 0 Å². The Balaban J connectivity index is 0. The third-order valence-electron chi connectivity index (χ3n) is 1.82. The fourth-order valence-corrected chi connectivity index (χ4v) is 1.25. The van der Waals surface area contributed by atoms with Gasteiger partial charge in [-0.1, -0.05) is 36.4 Å². The second-order valence-electron chi connectivity index (χ2n) is 2.57. The molecular formula is C10H12NNa3. The van der Waals surface area contributed by atoms with Crippen molar-refractivity contribution in [2.45, 2.75) is 0 Å². The summed E-state index contributed by atoms with van der Waals surface area (Å²) in [6.45, 7) is 0. The number of hydrogen-bond acceptors (Lipinski definition) is 1. The Morgan fingerprint density at radius 3 is 1.93 bits per heavy atom. The summed E-state index contributed by atoms with van der Waals surface area (Å²) < 4.78 is 0. The Labute approximate surface area is 151 Å². The predicted molar refractivity (Wildman–Crippen MR) is 69.8 cm³/mol. The topological polar surface area (TPSA) is 26.0 Å². The Kier molecular flexibility index (Phi) is 11.0. The molecule has 2 aromatic rings. The molecule has 60 valence electrons. The van der Waals surface area contributed by atoms with E-state index in [0.29, 0.717) is 0 Å². The maximum absolute atomic E-state index is 5.76. The van der Waals surface area contributed by atoms with Crippen molar-refractivity contribution in [2.75, 3.05) is 5.73 Å². The monoisotopic (exact) mass is 215 g/mol. The van der Waals surface area contributed by atoms with Gasteiger partial charge in [-0.25, -0.2) is 0 Å². The van der Waals surface area contributed by atoms with Gasteiger partial charge in [-0.15, -0.1) is 0 Å². The molecule has 0 unspecified atom stereocenters. The molecule has 0 bridgehead atoms. The molecule has 0 saturated carbocycles. The molecule has 0 aliphatic rings. The third kappa shape index (κ3) is 4.17. The van der Waals surface area contributed by atoms with Gasteiger partial charge in [0.1, 0.15) is 0 Å². The van der Waals surface area contributed by atoms with Crippen LogP contribution in [0.3, 0.4) is 0 Å². The summed E-state index contributed by atoms with van der Waals surface area (Å²) in [5.41, 5.74) is 6.61. The number of rotatable bonds is 0. The summed E-state index contributed by atoms with van der Waals surface area (Å²) in [6.07, 6.45) is 0. The molecule has 0 aliphatic heterocycles. The van der Waals surface area contributed by atoms with Crippen molar-refractivity contribution in [3.05, 3.63) is 42.5 Å².